The van der Waals surface area contributed by atoms with Crippen LogP contribution in [0.2, 0.25) is 19.6 Å². The van der Waals surface area contributed by atoms with Gasteiger partial charge in [-0.1, -0.05) is 25.7 Å². The van der Waals surface area contributed by atoms with Crippen molar-refractivity contribution in [1.29, 1.82) is 0 Å². The van der Waals surface area contributed by atoms with Gasteiger partial charge in [0, 0.05) is 0 Å². The lowest BCUT2D eigenvalue weighted by Gasteiger charge is -2.24. The number of hydrogen-bond donors (Lipinski definition) is 0. The molecule has 19 heavy (non-hydrogen) atoms. The second kappa shape index (κ2) is 6.85. The lowest BCUT2D eigenvalue weighted by Crippen LogP contribution is -2.39. The van der Waals surface area contributed by atoms with E-state index in [4.69, 9.17) is 14.2 Å². The molecular weight excluding hydrogens is 256 g/mol. The Morgan fingerprint density at radius 1 is 0.789 bits per heavy atom. The van der Waals surface area contributed by atoms with E-state index in [9.17, 15) is 0 Å². The fraction of sp³-hybridized carbons (Fsp3) is 0.600. The van der Waals surface area contributed by atoms with E-state index in [1.165, 1.54) is 5.19 Å². The summed E-state index contributed by atoms with van der Waals surface area (Å²) in [5.74, 6) is 2.40. The molecule has 0 amide bonds. The molecule has 1 aromatic rings. The van der Waals surface area contributed by atoms with Gasteiger partial charge in [-0.2, -0.15) is 0 Å². The van der Waals surface area contributed by atoms with Gasteiger partial charge in [0.1, 0.15) is 0 Å². The predicted molar refractivity (Wildman–Crippen MR) is 82.9 cm³/mol. The van der Waals surface area contributed by atoms with Crippen molar-refractivity contribution in [2.45, 2.75) is 40.4 Å². The van der Waals surface area contributed by atoms with Crippen LogP contribution in [0.5, 0.6) is 17.2 Å². The van der Waals surface area contributed by atoms with Crippen molar-refractivity contribution in [3.05, 3.63) is 12.1 Å². The molecule has 1 rings (SSSR count). The molecule has 0 aliphatic carbocycles. The van der Waals surface area contributed by atoms with Gasteiger partial charge in [0.05, 0.1) is 27.9 Å². The van der Waals surface area contributed by atoms with E-state index < -0.39 is 8.07 Å². The Hall–Kier alpha value is -1.16. The second-order valence-corrected chi connectivity index (χ2v) is 10.4. The molecule has 1 aromatic carbocycles. The van der Waals surface area contributed by atoms with Crippen LogP contribution in [0, 0.1) is 0 Å². The Labute approximate surface area is 117 Å². The van der Waals surface area contributed by atoms with Gasteiger partial charge < -0.3 is 14.2 Å². The average Bonchev–Trinajstić information content (AvgIpc) is 2.32. The van der Waals surface area contributed by atoms with Crippen molar-refractivity contribution < 1.29 is 14.2 Å². The van der Waals surface area contributed by atoms with Crippen LogP contribution >= 0.6 is 0 Å². The summed E-state index contributed by atoms with van der Waals surface area (Å²) in [6, 6.07) is 4.13. The van der Waals surface area contributed by atoms with E-state index in [2.05, 4.69) is 25.7 Å². The largest absolute Gasteiger partial charge is 0.490 e. The van der Waals surface area contributed by atoms with Gasteiger partial charge in [-0.15, -0.1) is 0 Å². The lowest BCUT2D eigenvalue weighted by atomic mass is 10.3. The van der Waals surface area contributed by atoms with Crippen LogP contribution in [-0.2, 0) is 0 Å². The average molecular weight is 282 g/mol. The van der Waals surface area contributed by atoms with Crippen LogP contribution in [-0.4, -0.2) is 27.9 Å². The summed E-state index contributed by atoms with van der Waals surface area (Å²) >= 11 is 0. The van der Waals surface area contributed by atoms with Gasteiger partial charge in [-0.05, 0) is 32.0 Å². The Morgan fingerprint density at radius 2 is 1.32 bits per heavy atom. The minimum atomic E-state index is -1.48. The first-order valence-electron chi connectivity index (χ1n) is 7.01. The molecule has 108 valence electrons. The van der Waals surface area contributed by atoms with Crippen molar-refractivity contribution in [2.24, 2.45) is 0 Å². The van der Waals surface area contributed by atoms with Gasteiger partial charge in [0.2, 0.25) is 5.75 Å². The molecule has 3 nitrogen and oxygen atoms in total. The van der Waals surface area contributed by atoms with Crippen molar-refractivity contribution in [2.75, 3.05) is 19.8 Å². The number of benzene rings is 1. The van der Waals surface area contributed by atoms with Crippen LogP contribution < -0.4 is 19.4 Å². The Balaban J connectivity index is 3.39. The third-order valence-electron chi connectivity index (χ3n) is 2.76. The monoisotopic (exact) mass is 282 g/mol. The molecule has 0 N–H and O–H groups in total. The smallest absolute Gasteiger partial charge is 0.203 e. The first-order chi connectivity index (χ1) is 8.95. The Kier molecular flexibility index (Phi) is 5.73. The van der Waals surface area contributed by atoms with Crippen molar-refractivity contribution in [1.82, 2.24) is 0 Å². The van der Waals surface area contributed by atoms with Gasteiger partial charge in [0.25, 0.3) is 0 Å². The summed E-state index contributed by atoms with van der Waals surface area (Å²) < 4.78 is 17.3. The molecule has 0 aliphatic heterocycles. The van der Waals surface area contributed by atoms with E-state index >= 15 is 0 Å². The fourth-order valence-electron chi connectivity index (χ4n) is 1.97. The van der Waals surface area contributed by atoms with Gasteiger partial charge in [0.15, 0.2) is 11.5 Å². The molecular formula is C15H26O3Si. The predicted octanol–water partition coefficient (Wildman–Crippen LogP) is 3.43. The lowest BCUT2D eigenvalue weighted by molar-refractivity contribution is 0.262. The topological polar surface area (TPSA) is 27.7 Å². The summed E-state index contributed by atoms with van der Waals surface area (Å²) in [5, 5.41) is 1.28. The van der Waals surface area contributed by atoms with Crippen LogP contribution in [0.4, 0.5) is 0 Å². The standard InChI is InChI=1S/C15H26O3Si/c1-7-16-12-10-11-13(19(4,5)6)15(18-9-3)14(12)17-8-2/h10-11H,7-9H2,1-6H3. The molecule has 0 unspecified atom stereocenters. The highest BCUT2D eigenvalue weighted by Crippen LogP contribution is 2.37. The first-order valence-corrected chi connectivity index (χ1v) is 10.5. The highest BCUT2D eigenvalue weighted by atomic mass is 28.3. The maximum atomic E-state index is 5.86. The normalized spacial score (nSPS) is 11.3. The van der Waals surface area contributed by atoms with Gasteiger partial charge in [-0.25, -0.2) is 0 Å². The summed E-state index contributed by atoms with van der Waals surface area (Å²) in [6.45, 7) is 14.7. The molecule has 0 spiro atoms. The van der Waals surface area contributed by atoms with Crippen molar-refractivity contribution in [3.63, 3.8) is 0 Å². The molecule has 0 heterocycles. The van der Waals surface area contributed by atoms with E-state index in [0.29, 0.717) is 19.8 Å². The molecule has 0 aliphatic rings. The number of hydrogen-bond acceptors (Lipinski definition) is 3. The van der Waals surface area contributed by atoms with Crippen LogP contribution in [0.1, 0.15) is 20.8 Å². The Bertz CT molecular complexity index is 411. The van der Waals surface area contributed by atoms with Crippen LogP contribution in [0.3, 0.4) is 0 Å². The van der Waals surface area contributed by atoms with Crippen LogP contribution in [0.25, 0.3) is 0 Å². The third-order valence-corrected chi connectivity index (χ3v) is 4.77. The summed E-state index contributed by atoms with van der Waals surface area (Å²) in [5.41, 5.74) is 0. The highest BCUT2D eigenvalue weighted by molar-refractivity contribution is 6.89. The van der Waals surface area contributed by atoms with E-state index in [-0.39, 0.29) is 0 Å². The molecule has 0 saturated heterocycles. The summed E-state index contributed by atoms with van der Waals surface area (Å²) in [6.07, 6.45) is 0. The van der Waals surface area contributed by atoms with Gasteiger partial charge >= 0.3 is 0 Å². The third kappa shape index (κ3) is 3.90. The minimum absolute atomic E-state index is 0.606. The SMILES string of the molecule is CCOc1ccc([Si](C)(C)C)c(OCC)c1OCC. The fourth-order valence-corrected chi connectivity index (χ4v) is 3.42. The molecule has 0 radical (unpaired) electrons. The molecule has 4 heteroatoms. The van der Waals surface area contributed by atoms with E-state index in [1.807, 2.05) is 26.8 Å². The minimum Gasteiger partial charge on any atom is -0.490 e. The quantitative estimate of drug-likeness (QED) is 0.717. The van der Waals surface area contributed by atoms with Crippen LogP contribution in [0.15, 0.2) is 12.1 Å². The molecule has 0 bridgehead atoms. The second-order valence-electron chi connectivity index (χ2n) is 5.32. The molecule has 0 aromatic heterocycles. The molecule has 0 saturated carbocycles. The highest BCUT2D eigenvalue weighted by Gasteiger charge is 2.26. The zero-order valence-corrected chi connectivity index (χ0v) is 14.0. The Morgan fingerprint density at radius 3 is 1.79 bits per heavy atom. The molecule has 0 atom stereocenters. The van der Waals surface area contributed by atoms with E-state index in [1.54, 1.807) is 0 Å². The van der Waals surface area contributed by atoms with E-state index in [0.717, 1.165) is 17.2 Å². The maximum absolute atomic E-state index is 5.86. The zero-order chi connectivity index (χ0) is 14.5. The maximum Gasteiger partial charge on any atom is 0.203 e. The number of rotatable bonds is 7. The van der Waals surface area contributed by atoms with Crippen molar-refractivity contribution >= 4 is 13.3 Å². The molecule has 0 fully saturated rings. The van der Waals surface area contributed by atoms with Gasteiger partial charge in [-0.3, -0.25) is 0 Å². The summed E-state index contributed by atoms with van der Waals surface area (Å²) in [4.78, 5) is 0. The van der Waals surface area contributed by atoms with Crippen molar-refractivity contribution in [3.8, 4) is 17.2 Å². The number of ether oxygens (including phenoxy) is 3. The first kappa shape index (κ1) is 15.9. The zero-order valence-electron chi connectivity index (χ0n) is 13.0. The summed E-state index contributed by atoms with van der Waals surface area (Å²) in [7, 11) is -1.48.